The minimum Gasteiger partial charge on any atom is -0.370 e. The second-order valence-corrected chi connectivity index (χ2v) is 6.01. The molecular weight excluding hydrogens is 188 g/mol. The highest BCUT2D eigenvalue weighted by Gasteiger charge is 2.58. The van der Waals surface area contributed by atoms with Crippen LogP contribution in [0.25, 0.3) is 0 Å². The van der Waals surface area contributed by atoms with E-state index in [2.05, 4.69) is 0 Å². The van der Waals surface area contributed by atoms with Crippen LogP contribution >= 0.6 is 0 Å². The molecule has 0 amide bonds. The average molecular weight is 208 g/mol. The summed E-state index contributed by atoms with van der Waals surface area (Å²) < 4.78 is 11.6. The Morgan fingerprint density at radius 2 is 2.07 bits per heavy atom. The summed E-state index contributed by atoms with van der Waals surface area (Å²) in [6.07, 6.45) is 12.8. The molecule has 0 aromatic heterocycles. The molecule has 5 unspecified atom stereocenters. The predicted molar refractivity (Wildman–Crippen MR) is 56.7 cm³/mol. The monoisotopic (exact) mass is 208 g/mol. The molecular formula is C13H20O2. The Hall–Kier alpha value is -0.0800. The SMILES string of the molecule is C1CCC2(CC3CCC4OC4C3)OC2C1. The second kappa shape index (κ2) is 2.98. The Bertz CT molecular complexity index is 278. The molecule has 0 aromatic carbocycles. The van der Waals surface area contributed by atoms with Crippen molar-refractivity contribution in [1.82, 2.24) is 0 Å². The van der Waals surface area contributed by atoms with Crippen molar-refractivity contribution >= 4 is 0 Å². The summed E-state index contributed by atoms with van der Waals surface area (Å²) in [7, 11) is 0. The molecule has 2 heterocycles. The highest BCUT2D eigenvalue weighted by molar-refractivity contribution is 5.07. The first-order valence-corrected chi connectivity index (χ1v) is 6.69. The van der Waals surface area contributed by atoms with Crippen LogP contribution in [-0.2, 0) is 9.47 Å². The van der Waals surface area contributed by atoms with Crippen LogP contribution in [0.2, 0.25) is 0 Å². The third kappa shape index (κ3) is 1.45. The van der Waals surface area contributed by atoms with Gasteiger partial charge in [-0.3, -0.25) is 0 Å². The average Bonchev–Trinajstić information content (AvgIpc) is 3.10. The van der Waals surface area contributed by atoms with Crippen molar-refractivity contribution in [3.8, 4) is 0 Å². The molecule has 4 rings (SSSR count). The molecule has 0 N–H and O–H groups in total. The summed E-state index contributed by atoms with van der Waals surface area (Å²) in [4.78, 5) is 0. The van der Waals surface area contributed by atoms with Crippen molar-refractivity contribution < 1.29 is 9.47 Å². The molecule has 2 aliphatic heterocycles. The summed E-state index contributed by atoms with van der Waals surface area (Å²) in [5, 5.41) is 0. The molecule has 2 nitrogen and oxygen atoms in total. The van der Waals surface area contributed by atoms with Gasteiger partial charge in [0.2, 0.25) is 0 Å². The van der Waals surface area contributed by atoms with Gasteiger partial charge < -0.3 is 9.47 Å². The van der Waals surface area contributed by atoms with Gasteiger partial charge >= 0.3 is 0 Å². The normalized spacial score (nSPS) is 56.8. The quantitative estimate of drug-likeness (QED) is 0.652. The Morgan fingerprint density at radius 3 is 2.93 bits per heavy atom. The lowest BCUT2D eigenvalue weighted by atomic mass is 9.77. The van der Waals surface area contributed by atoms with E-state index in [-0.39, 0.29) is 0 Å². The van der Waals surface area contributed by atoms with Gasteiger partial charge in [0.25, 0.3) is 0 Å². The van der Waals surface area contributed by atoms with Crippen molar-refractivity contribution in [2.75, 3.05) is 0 Å². The molecule has 2 heteroatoms. The molecule has 4 aliphatic rings. The van der Waals surface area contributed by atoms with E-state index >= 15 is 0 Å². The van der Waals surface area contributed by atoms with E-state index in [1.807, 2.05) is 0 Å². The molecule has 15 heavy (non-hydrogen) atoms. The van der Waals surface area contributed by atoms with Crippen molar-refractivity contribution in [2.45, 2.75) is 75.3 Å². The molecule has 0 radical (unpaired) electrons. The minimum absolute atomic E-state index is 0.352. The third-order valence-corrected chi connectivity index (χ3v) is 4.97. The number of hydrogen-bond donors (Lipinski definition) is 0. The van der Waals surface area contributed by atoms with Crippen LogP contribution in [0.4, 0.5) is 0 Å². The van der Waals surface area contributed by atoms with E-state index in [9.17, 15) is 0 Å². The number of rotatable bonds is 2. The lowest BCUT2D eigenvalue weighted by Gasteiger charge is -2.25. The minimum atomic E-state index is 0.352. The van der Waals surface area contributed by atoms with Gasteiger partial charge in [-0.25, -0.2) is 0 Å². The molecule has 84 valence electrons. The maximum atomic E-state index is 5.98. The smallest absolute Gasteiger partial charge is 0.0951 e. The van der Waals surface area contributed by atoms with E-state index in [0.717, 1.165) is 5.92 Å². The van der Waals surface area contributed by atoms with Crippen molar-refractivity contribution in [3.63, 3.8) is 0 Å². The van der Waals surface area contributed by atoms with E-state index in [4.69, 9.17) is 9.47 Å². The zero-order valence-corrected chi connectivity index (χ0v) is 9.28. The number of fused-ring (bicyclic) bond motifs is 2. The summed E-state index contributed by atoms with van der Waals surface area (Å²) in [6.45, 7) is 0. The second-order valence-electron chi connectivity index (χ2n) is 6.01. The topological polar surface area (TPSA) is 25.1 Å². The molecule has 0 spiro atoms. The van der Waals surface area contributed by atoms with Gasteiger partial charge in [-0.05, 0) is 44.4 Å². The zero-order chi connectivity index (χ0) is 9.88. The standard InChI is InChI=1S/C13H20O2/c1-2-6-13(12(3-1)15-13)8-9-4-5-10-11(7-9)14-10/h9-12H,1-8H2. The summed E-state index contributed by atoms with van der Waals surface area (Å²) >= 11 is 0. The third-order valence-electron chi connectivity index (χ3n) is 4.97. The van der Waals surface area contributed by atoms with Gasteiger partial charge in [0.15, 0.2) is 0 Å². The van der Waals surface area contributed by atoms with E-state index in [1.165, 1.54) is 51.4 Å². The lowest BCUT2D eigenvalue weighted by molar-refractivity contribution is 0.216. The molecule has 0 bridgehead atoms. The maximum Gasteiger partial charge on any atom is 0.0951 e. The summed E-state index contributed by atoms with van der Waals surface area (Å²) in [5.41, 5.74) is 0.352. The van der Waals surface area contributed by atoms with Crippen LogP contribution in [0.15, 0.2) is 0 Å². The summed E-state index contributed by atoms with van der Waals surface area (Å²) in [5.74, 6) is 0.900. The van der Waals surface area contributed by atoms with Gasteiger partial charge in [-0.15, -0.1) is 0 Å². The fourth-order valence-electron chi connectivity index (χ4n) is 3.99. The first-order chi connectivity index (χ1) is 7.36. The van der Waals surface area contributed by atoms with Crippen molar-refractivity contribution in [3.05, 3.63) is 0 Å². The zero-order valence-electron chi connectivity index (χ0n) is 9.28. The fraction of sp³-hybridized carbons (Fsp3) is 1.00. The highest BCUT2D eigenvalue weighted by atomic mass is 16.6. The lowest BCUT2D eigenvalue weighted by Crippen LogP contribution is -2.25. The van der Waals surface area contributed by atoms with Crippen LogP contribution < -0.4 is 0 Å². The Kier molecular flexibility index (Phi) is 1.79. The first kappa shape index (κ1) is 9.00. The molecule has 4 fully saturated rings. The van der Waals surface area contributed by atoms with Crippen molar-refractivity contribution in [1.29, 1.82) is 0 Å². The highest BCUT2D eigenvalue weighted by Crippen LogP contribution is 2.54. The Labute approximate surface area is 91.3 Å². The van der Waals surface area contributed by atoms with Crippen molar-refractivity contribution in [2.24, 2.45) is 5.92 Å². The van der Waals surface area contributed by atoms with E-state index in [0.29, 0.717) is 23.9 Å². The number of epoxide rings is 2. The van der Waals surface area contributed by atoms with E-state index in [1.54, 1.807) is 0 Å². The largest absolute Gasteiger partial charge is 0.370 e. The summed E-state index contributed by atoms with van der Waals surface area (Å²) in [6, 6.07) is 0. The number of ether oxygens (including phenoxy) is 2. The van der Waals surface area contributed by atoms with Gasteiger partial charge in [0.1, 0.15) is 0 Å². The van der Waals surface area contributed by atoms with Gasteiger partial charge in [0, 0.05) is 0 Å². The molecule has 2 saturated heterocycles. The molecule has 2 saturated carbocycles. The van der Waals surface area contributed by atoms with Crippen LogP contribution in [0, 0.1) is 5.92 Å². The van der Waals surface area contributed by atoms with E-state index < -0.39 is 0 Å². The fourth-order valence-corrected chi connectivity index (χ4v) is 3.99. The molecule has 2 aliphatic carbocycles. The van der Waals surface area contributed by atoms with Gasteiger partial charge in [-0.1, -0.05) is 12.8 Å². The Morgan fingerprint density at radius 1 is 1.07 bits per heavy atom. The maximum absolute atomic E-state index is 5.98. The first-order valence-electron chi connectivity index (χ1n) is 6.69. The van der Waals surface area contributed by atoms with Crippen LogP contribution in [0.3, 0.4) is 0 Å². The van der Waals surface area contributed by atoms with Gasteiger partial charge in [0.05, 0.1) is 23.9 Å². The van der Waals surface area contributed by atoms with Gasteiger partial charge in [-0.2, -0.15) is 0 Å². The van der Waals surface area contributed by atoms with Crippen LogP contribution in [0.1, 0.15) is 51.4 Å². The predicted octanol–water partition coefficient (Wildman–Crippen LogP) is 2.66. The Balaban J connectivity index is 1.39. The molecule has 5 atom stereocenters. The number of hydrogen-bond acceptors (Lipinski definition) is 2. The van der Waals surface area contributed by atoms with Crippen LogP contribution in [0.5, 0.6) is 0 Å². The van der Waals surface area contributed by atoms with Crippen LogP contribution in [-0.4, -0.2) is 23.9 Å². The molecule has 0 aromatic rings.